The average Bonchev–Trinajstić information content (AvgIpc) is 3.18. The molecule has 2 amide bonds. The van der Waals surface area contributed by atoms with Crippen LogP contribution in [-0.4, -0.2) is 34.1 Å². The first-order valence-electron chi connectivity index (χ1n) is 9.20. The number of carbonyl (C=O) groups excluding carboxylic acids is 2. The highest BCUT2D eigenvalue weighted by Crippen LogP contribution is 2.29. The van der Waals surface area contributed by atoms with Crippen LogP contribution in [-0.2, 0) is 0 Å². The van der Waals surface area contributed by atoms with Gasteiger partial charge in [-0.25, -0.2) is 0 Å². The van der Waals surface area contributed by atoms with Crippen molar-refractivity contribution in [3.63, 3.8) is 0 Å². The Bertz CT molecular complexity index is 1230. The molecule has 0 aliphatic rings. The molecule has 0 fully saturated rings. The predicted octanol–water partition coefficient (Wildman–Crippen LogP) is 3.78. The first-order valence-corrected chi connectivity index (χ1v) is 9.20. The number of hydrogen-bond acceptors (Lipinski definition) is 5. The number of aromatic amines is 1. The fourth-order valence-corrected chi connectivity index (χ4v) is 3.06. The van der Waals surface area contributed by atoms with Crippen LogP contribution in [0.4, 0.5) is 11.4 Å². The molecule has 0 unspecified atom stereocenters. The van der Waals surface area contributed by atoms with Gasteiger partial charge in [0, 0.05) is 29.5 Å². The van der Waals surface area contributed by atoms with Gasteiger partial charge in [-0.3, -0.25) is 19.7 Å². The topological polar surface area (TPSA) is 109 Å². The maximum absolute atomic E-state index is 12.7. The van der Waals surface area contributed by atoms with E-state index < -0.39 is 0 Å². The summed E-state index contributed by atoms with van der Waals surface area (Å²) in [6.07, 6.45) is 3.07. The van der Waals surface area contributed by atoms with E-state index >= 15 is 0 Å². The largest absolute Gasteiger partial charge is 0.494 e. The highest BCUT2D eigenvalue weighted by molar-refractivity contribution is 6.11. The van der Waals surface area contributed by atoms with Crippen LogP contribution in [0, 0.1) is 6.92 Å². The molecule has 4 aromatic rings. The fourth-order valence-electron chi connectivity index (χ4n) is 3.06. The highest BCUT2D eigenvalue weighted by Gasteiger charge is 2.16. The molecule has 0 saturated heterocycles. The molecule has 30 heavy (non-hydrogen) atoms. The molecular weight excluding hydrogens is 382 g/mol. The molecule has 0 aliphatic carbocycles. The smallest absolute Gasteiger partial charge is 0.276 e. The van der Waals surface area contributed by atoms with Crippen molar-refractivity contribution in [2.75, 3.05) is 17.7 Å². The van der Waals surface area contributed by atoms with E-state index in [-0.39, 0.29) is 11.8 Å². The quantitative estimate of drug-likeness (QED) is 0.472. The van der Waals surface area contributed by atoms with Gasteiger partial charge < -0.3 is 15.4 Å². The Kier molecular flexibility index (Phi) is 5.13. The van der Waals surface area contributed by atoms with Crippen molar-refractivity contribution in [2.45, 2.75) is 6.92 Å². The number of nitrogens with zero attached hydrogens (tertiary/aromatic N) is 2. The number of fused-ring (bicyclic) bond motifs is 1. The molecule has 0 aliphatic heterocycles. The summed E-state index contributed by atoms with van der Waals surface area (Å²) >= 11 is 0. The lowest BCUT2D eigenvalue weighted by atomic mass is 10.1. The molecule has 2 aromatic heterocycles. The predicted molar refractivity (Wildman–Crippen MR) is 114 cm³/mol. The third kappa shape index (κ3) is 3.83. The normalized spacial score (nSPS) is 10.6. The molecule has 0 spiro atoms. The lowest BCUT2D eigenvalue weighted by Gasteiger charge is -2.12. The van der Waals surface area contributed by atoms with Gasteiger partial charge in [0.25, 0.3) is 11.8 Å². The maximum Gasteiger partial charge on any atom is 0.276 e. The van der Waals surface area contributed by atoms with E-state index in [0.29, 0.717) is 28.4 Å². The molecule has 0 bridgehead atoms. The number of nitrogens with one attached hydrogen (secondary N) is 3. The van der Waals surface area contributed by atoms with E-state index in [9.17, 15) is 9.59 Å². The SMILES string of the molecule is COc1cc(NC(=O)c2n[nH]c3ccc(C)cc23)ccc1NC(=O)c1cccnc1. The second kappa shape index (κ2) is 8.04. The van der Waals surface area contributed by atoms with Crippen molar-refractivity contribution in [1.82, 2.24) is 15.2 Å². The molecule has 150 valence electrons. The number of methoxy groups -OCH3 is 1. The monoisotopic (exact) mass is 401 g/mol. The Morgan fingerprint density at radius 3 is 2.67 bits per heavy atom. The number of H-pyrrole nitrogens is 1. The number of aryl methyl sites for hydroxylation is 1. The van der Waals surface area contributed by atoms with E-state index in [4.69, 9.17) is 4.74 Å². The fraction of sp³-hybridized carbons (Fsp3) is 0.0909. The maximum atomic E-state index is 12.7. The zero-order valence-electron chi connectivity index (χ0n) is 16.4. The van der Waals surface area contributed by atoms with Gasteiger partial charge in [-0.15, -0.1) is 0 Å². The molecule has 8 nitrogen and oxygen atoms in total. The number of benzene rings is 2. The van der Waals surface area contributed by atoms with Crippen molar-refractivity contribution < 1.29 is 14.3 Å². The van der Waals surface area contributed by atoms with Gasteiger partial charge in [0.15, 0.2) is 5.69 Å². The Morgan fingerprint density at radius 2 is 1.90 bits per heavy atom. The number of anilines is 2. The number of carbonyl (C=O) groups is 2. The van der Waals surface area contributed by atoms with E-state index in [1.165, 1.54) is 13.3 Å². The number of pyridine rings is 1. The zero-order chi connectivity index (χ0) is 21.1. The van der Waals surface area contributed by atoms with Gasteiger partial charge in [-0.05, 0) is 43.3 Å². The van der Waals surface area contributed by atoms with Crippen molar-refractivity contribution in [2.24, 2.45) is 0 Å². The zero-order valence-corrected chi connectivity index (χ0v) is 16.4. The molecule has 8 heteroatoms. The third-order valence-corrected chi connectivity index (χ3v) is 4.56. The summed E-state index contributed by atoms with van der Waals surface area (Å²) in [5.41, 5.74) is 3.55. The van der Waals surface area contributed by atoms with E-state index in [0.717, 1.165) is 16.5 Å². The van der Waals surface area contributed by atoms with Crippen molar-refractivity contribution in [3.05, 3.63) is 77.7 Å². The molecule has 2 aromatic carbocycles. The van der Waals surface area contributed by atoms with E-state index in [1.807, 2.05) is 25.1 Å². The Balaban J connectivity index is 1.54. The summed E-state index contributed by atoms with van der Waals surface area (Å²) in [7, 11) is 1.49. The summed E-state index contributed by atoms with van der Waals surface area (Å²) < 4.78 is 5.38. The Hall–Kier alpha value is -4.20. The second-order valence-corrected chi connectivity index (χ2v) is 6.69. The molecule has 3 N–H and O–H groups in total. The van der Waals surface area contributed by atoms with E-state index in [1.54, 1.807) is 36.5 Å². The van der Waals surface area contributed by atoms with Crippen LogP contribution in [0.2, 0.25) is 0 Å². The summed E-state index contributed by atoms with van der Waals surface area (Å²) in [6.45, 7) is 1.96. The summed E-state index contributed by atoms with van der Waals surface area (Å²) in [5, 5.41) is 13.3. The molecule has 0 radical (unpaired) electrons. The first kappa shape index (κ1) is 19.1. The summed E-state index contributed by atoms with van der Waals surface area (Å²) in [4.78, 5) is 29.0. The van der Waals surface area contributed by atoms with Crippen LogP contribution in [0.15, 0.2) is 60.9 Å². The lowest BCUT2D eigenvalue weighted by molar-refractivity contribution is 0.101. The Labute approximate surface area is 172 Å². The number of amides is 2. The molecule has 2 heterocycles. The standard InChI is InChI=1S/C22H19N5O3/c1-13-5-7-17-16(10-13)20(27-26-17)22(29)24-15-6-8-18(19(11-15)30-2)25-21(28)14-4-3-9-23-12-14/h3-12H,1-2H3,(H,24,29)(H,25,28)(H,26,27). The van der Waals surface area contributed by atoms with Crippen LogP contribution >= 0.6 is 0 Å². The molecular formula is C22H19N5O3. The summed E-state index contributed by atoms with van der Waals surface area (Å²) in [6, 6.07) is 14.1. The van der Waals surface area contributed by atoms with Gasteiger partial charge in [-0.1, -0.05) is 11.6 Å². The van der Waals surface area contributed by atoms with Gasteiger partial charge in [-0.2, -0.15) is 5.10 Å². The molecule has 0 atom stereocenters. The van der Waals surface area contributed by atoms with Gasteiger partial charge in [0.05, 0.1) is 23.9 Å². The highest BCUT2D eigenvalue weighted by atomic mass is 16.5. The van der Waals surface area contributed by atoms with Crippen molar-refractivity contribution in [3.8, 4) is 5.75 Å². The van der Waals surface area contributed by atoms with Gasteiger partial charge in [0.1, 0.15) is 5.75 Å². The van der Waals surface area contributed by atoms with Crippen LogP contribution in [0.1, 0.15) is 26.4 Å². The first-order chi connectivity index (χ1) is 14.5. The van der Waals surface area contributed by atoms with Crippen LogP contribution in [0.3, 0.4) is 0 Å². The van der Waals surface area contributed by atoms with Crippen LogP contribution in [0.25, 0.3) is 10.9 Å². The minimum Gasteiger partial charge on any atom is -0.494 e. The third-order valence-electron chi connectivity index (χ3n) is 4.56. The molecule has 4 rings (SSSR count). The number of ether oxygens (including phenoxy) is 1. The van der Waals surface area contributed by atoms with Gasteiger partial charge in [0.2, 0.25) is 0 Å². The number of hydrogen-bond donors (Lipinski definition) is 3. The number of rotatable bonds is 5. The molecule has 0 saturated carbocycles. The number of aromatic nitrogens is 3. The second-order valence-electron chi connectivity index (χ2n) is 6.69. The van der Waals surface area contributed by atoms with Crippen molar-refractivity contribution >= 4 is 34.1 Å². The van der Waals surface area contributed by atoms with Crippen LogP contribution in [0.5, 0.6) is 5.75 Å². The minimum atomic E-state index is -0.346. The average molecular weight is 401 g/mol. The van der Waals surface area contributed by atoms with Crippen LogP contribution < -0.4 is 15.4 Å². The van der Waals surface area contributed by atoms with Crippen molar-refractivity contribution in [1.29, 1.82) is 0 Å². The van der Waals surface area contributed by atoms with E-state index in [2.05, 4.69) is 25.8 Å². The van der Waals surface area contributed by atoms with Gasteiger partial charge >= 0.3 is 0 Å². The lowest BCUT2D eigenvalue weighted by Crippen LogP contribution is -2.14. The Morgan fingerprint density at radius 1 is 1.03 bits per heavy atom. The minimum absolute atomic E-state index is 0.307. The summed E-state index contributed by atoms with van der Waals surface area (Å²) in [5.74, 6) is -0.245.